The molecule has 0 spiro atoms. The van der Waals surface area contributed by atoms with Crippen molar-refractivity contribution in [3.05, 3.63) is 10.6 Å². The smallest absolute Gasteiger partial charge is 0.226 e. The predicted molar refractivity (Wildman–Crippen MR) is 140 cm³/mol. The van der Waals surface area contributed by atoms with E-state index in [1.54, 1.807) is 11.3 Å². The Bertz CT molecular complexity index is 921. The van der Waals surface area contributed by atoms with E-state index in [1.807, 2.05) is 23.6 Å². The maximum absolute atomic E-state index is 13.2. The molecule has 1 saturated heterocycles. The zero-order valence-corrected chi connectivity index (χ0v) is 23.2. The van der Waals surface area contributed by atoms with Gasteiger partial charge in [-0.05, 0) is 41.9 Å². The second-order valence-corrected chi connectivity index (χ2v) is 14.5. The Morgan fingerprint density at radius 1 is 1.29 bits per heavy atom. The number of hydrogen-bond acceptors (Lipinski definition) is 6. The van der Waals surface area contributed by atoms with Gasteiger partial charge in [-0.25, -0.2) is 4.98 Å². The van der Waals surface area contributed by atoms with Gasteiger partial charge in [0.15, 0.2) is 5.13 Å². The number of carbonyl (C=O) groups is 2. The molecule has 6 nitrogen and oxygen atoms in total. The van der Waals surface area contributed by atoms with Crippen LogP contribution in [0.5, 0.6) is 0 Å². The third-order valence-corrected chi connectivity index (χ3v) is 10.1. The Balaban J connectivity index is 1.51. The summed E-state index contributed by atoms with van der Waals surface area (Å²) >= 11 is 3.50. The number of aliphatic hydroxyl groups is 1. The summed E-state index contributed by atoms with van der Waals surface area (Å²) in [6, 6.07) is 0. The molecule has 2 amide bonds. The number of thioether (sulfide) groups is 1. The quantitative estimate of drug-likeness (QED) is 0.613. The van der Waals surface area contributed by atoms with Gasteiger partial charge in [-0.3, -0.25) is 9.59 Å². The number of aliphatic hydroxyl groups excluding tert-OH is 1. The molecule has 190 valence electrons. The highest BCUT2D eigenvalue weighted by atomic mass is 32.2. The van der Waals surface area contributed by atoms with Crippen molar-refractivity contribution in [3.63, 3.8) is 0 Å². The largest absolute Gasteiger partial charge is 0.392 e. The molecule has 2 aliphatic carbocycles. The van der Waals surface area contributed by atoms with Gasteiger partial charge in [-0.15, -0.1) is 11.3 Å². The summed E-state index contributed by atoms with van der Waals surface area (Å²) in [7, 11) is 0. The van der Waals surface area contributed by atoms with Crippen LogP contribution in [0, 0.1) is 28.6 Å². The average Bonchev–Trinajstić information content (AvgIpc) is 3.13. The second-order valence-electron chi connectivity index (χ2n) is 12.2. The number of fused-ring (bicyclic) bond motifs is 2. The van der Waals surface area contributed by atoms with Gasteiger partial charge in [0.25, 0.3) is 0 Å². The lowest BCUT2D eigenvalue weighted by Gasteiger charge is -2.53. The third kappa shape index (κ3) is 5.19. The number of rotatable bonds is 4. The Morgan fingerprint density at radius 2 is 1.97 bits per heavy atom. The molecule has 1 aromatic rings. The minimum atomic E-state index is -0.527. The van der Waals surface area contributed by atoms with Crippen molar-refractivity contribution in [3.8, 4) is 0 Å². The molecule has 4 rings (SSSR count). The van der Waals surface area contributed by atoms with E-state index >= 15 is 0 Å². The first-order valence-electron chi connectivity index (χ1n) is 12.7. The first kappa shape index (κ1) is 26.0. The molecule has 3 aliphatic rings. The fourth-order valence-electron chi connectivity index (χ4n) is 6.50. The van der Waals surface area contributed by atoms with Crippen molar-refractivity contribution in [1.29, 1.82) is 0 Å². The van der Waals surface area contributed by atoms with Gasteiger partial charge in [0.05, 0.1) is 11.8 Å². The third-order valence-electron chi connectivity index (χ3n) is 8.21. The zero-order chi connectivity index (χ0) is 24.8. The highest BCUT2D eigenvalue weighted by Crippen LogP contribution is 2.57. The van der Waals surface area contributed by atoms with E-state index in [4.69, 9.17) is 4.98 Å². The van der Waals surface area contributed by atoms with E-state index in [2.05, 4.69) is 39.9 Å². The topological polar surface area (TPSA) is 82.5 Å². The van der Waals surface area contributed by atoms with Gasteiger partial charge >= 0.3 is 0 Å². The Labute approximate surface area is 212 Å². The van der Waals surface area contributed by atoms with Gasteiger partial charge in [-0.1, -0.05) is 41.5 Å². The molecule has 2 fully saturated rings. The van der Waals surface area contributed by atoms with Crippen LogP contribution in [-0.4, -0.2) is 57.5 Å². The van der Waals surface area contributed by atoms with Crippen LogP contribution in [0.1, 0.15) is 77.3 Å². The van der Waals surface area contributed by atoms with Crippen molar-refractivity contribution in [2.75, 3.05) is 29.9 Å². The Morgan fingerprint density at radius 3 is 2.62 bits per heavy atom. The van der Waals surface area contributed by atoms with Crippen LogP contribution in [0.15, 0.2) is 0 Å². The summed E-state index contributed by atoms with van der Waals surface area (Å²) in [6.07, 6.45) is 2.68. The van der Waals surface area contributed by atoms with Crippen LogP contribution in [0.3, 0.4) is 0 Å². The summed E-state index contributed by atoms with van der Waals surface area (Å²) in [5.74, 6) is 2.17. The van der Waals surface area contributed by atoms with Crippen molar-refractivity contribution >= 4 is 40.0 Å². The molecular weight excluding hydrogens is 466 g/mol. The first-order valence-corrected chi connectivity index (χ1v) is 14.7. The maximum atomic E-state index is 13.2. The normalized spacial score (nSPS) is 32.5. The fraction of sp³-hybridized carbons (Fsp3) is 0.808. The maximum Gasteiger partial charge on any atom is 0.226 e. The van der Waals surface area contributed by atoms with E-state index in [9.17, 15) is 14.7 Å². The van der Waals surface area contributed by atoms with Crippen LogP contribution < -0.4 is 5.32 Å². The Hall–Kier alpha value is -1.12. The van der Waals surface area contributed by atoms with Gasteiger partial charge in [-0.2, -0.15) is 11.8 Å². The van der Waals surface area contributed by atoms with E-state index in [0.717, 1.165) is 49.6 Å². The number of anilines is 1. The van der Waals surface area contributed by atoms with Gasteiger partial charge in [0.2, 0.25) is 11.8 Å². The highest BCUT2D eigenvalue weighted by Gasteiger charge is 2.54. The van der Waals surface area contributed by atoms with Crippen molar-refractivity contribution < 1.29 is 14.7 Å². The van der Waals surface area contributed by atoms with Crippen LogP contribution in [0.25, 0.3) is 0 Å². The van der Waals surface area contributed by atoms with Crippen LogP contribution in [0.2, 0.25) is 0 Å². The molecule has 8 heteroatoms. The average molecular weight is 508 g/mol. The van der Waals surface area contributed by atoms with Gasteiger partial charge in [0.1, 0.15) is 0 Å². The monoisotopic (exact) mass is 507 g/mol. The highest BCUT2D eigenvalue weighted by molar-refractivity contribution is 7.99. The summed E-state index contributed by atoms with van der Waals surface area (Å²) in [5, 5.41) is 15.3. The van der Waals surface area contributed by atoms with Crippen molar-refractivity contribution in [2.24, 2.45) is 28.6 Å². The summed E-state index contributed by atoms with van der Waals surface area (Å²) in [6.45, 7) is 14.3. The minimum absolute atomic E-state index is 0.00146. The van der Waals surface area contributed by atoms with E-state index in [0.29, 0.717) is 11.6 Å². The summed E-state index contributed by atoms with van der Waals surface area (Å²) in [4.78, 5) is 33.8. The van der Waals surface area contributed by atoms with E-state index < -0.39 is 6.10 Å². The standard InChI is InChI=1S/C26H41N3O3S2/c1-15(23(32)29-9-11-33-12-10-29)17-7-8-26(6)13-18-21(16(2)20(26)22(17)31)28-24(34-18)27-19(30)14-25(3,4)5/h15-17,20,22,31H,7-14H2,1-6H3,(H,27,28,30)/t15-,16-,17?,20+,22-,26-/m0/s1. The molecule has 34 heavy (non-hydrogen) atoms. The lowest BCUT2D eigenvalue weighted by molar-refractivity contribution is -0.144. The molecule has 1 unspecified atom stereocenters. The van der Waals surface area contributed by atoms with Crippen LogP contribution >= 0.6 is 23.1 Å². The second kappa shape index (κ2) is 9.74. The molecule has 6 atom stereocenters. The molecule has 1 saturated carbocycles. The van der Waals surface area contributed by atoms with Crippen molar-refractivity contribution in [2.45, 2.75) is 79.2 Å². The number of hydrogen-bond donors (Lipinski definition) is 2. The molecule has 1 aliphatic heterocycles. The zero-order valence-electron chi connectivity index (χ0n) is 21.5. The molecule has 0 aromatic carbocycles. The number of aromatic nitrogens is 1. The van der Waals surface area contributed by atoms with E-state index in [-0.39, 0.29) is 46.3 Å². The molecule has 2 heterocycles. The number of carbonyl (C=O) groups excluding carboxylic acids is 2. The predicted octanol–water partition coefficient (Wildman–Crippen LogP) is 4.78. The molecular formula is C26H41N3O3S2. The van der Waals surface area contributed by atoms with Crippen LogP contribution in [-0.2, 0) is 16.0 Å². The lowest BCUT2D eigenvalue weighted by atomic mass is 9.53. The molecule has 1 aromatic heterocycles. The summed E-state index contributed by atoms with van der Waals surface area (Å²) in [5.41, 5.74) is 0.925. The SMILES string of the molecule is C[C@H](C(=O)N1CCSCC1)C1CC[C@@]2(C)Cc3sc(NC(=O)CC(C)(C)C)nc3[C@@H](C)[C@@H]2[C@H]1O. The minimum Gasteiger partial charge on any atom is -0.392 e. The van der Waals surface area contributed by atoms with Gasteiger partial charge in [0, 0.05) is 47.7 Å². The molecule has 2 N–H and O–H groups in total. The van der Waals surface area contributed by atoms with E-state index in [1.165, 1.54) is 4.88 Å². The first-order chi connectivity index (χ1) is 15.9. The number of amides is 2. The molecule has 0 bridgehead atoms. The molecule has 0 radical (unpaired) electrons. The van der Waals surface area contributed by atoms with Crippen molar-refractivity contribution in [1.82, 2.24) is 9.88 Å². The Kier molecular flexibility index (Phi) is 7.43. The lowest BCUT2D eigenvalue weighted by Crippen LogP contribution is -2.54. The van der Waals surface area contributed by atoms with Gasteiger partial charge < -0.3 is 15.3 Å². The fourth-order valence-corrected chi connectivity index (χ4v) is 8.68. The number of thiazole rings is 1. The number of nitrogens with zero attached hydrogens (tertiary/aromatic N) is 2. The van der Waals surface area contributed by atoms with Crippen LogP contribution in [0.4, 0.5) is 5.13 Å². The summed E-state index contributed by atoms with van der Waals surface area (Å²) < 4.78 is 0. The number of nitrogens with one attached hydrogen (secondary N) is 1.